The van der Waals surface area contributed by atoms with Crippen molar-refractivity contribution in [3.8, 4) is 22.8 Å². The maximum atomic E-state index is 5.95. The lowest BCUT2D eigenvalue weighted by molar-refractivity contribution is 0.220. The Balaban J connectivity index is 1.41. The van der Waals surface area contributed by atoms with Crippen LogP contribution in [-0.4, -0.2) is 57.5 Å². The summed E-state index contributed by atoms with van der Waals surface area (Å²) in [5, 5.41) is 4.97. The van der Waals surface area contributed by atoms with Crippen LogP contribution in [0.2, 0.25) is 0 Å². The first-order valence-corrected chi connectivity index (χ1v) is 12.3. The summed E-state index contributed by atoms with van der Waals surface area (Å²) in [5.41, 5.74) is 4.51. The Hall–Kier alpha value is -3.49. The van der Waals surface area contributed by atoms with Crippen molar-refractivity contribution in [2.24, 2.45) is 0 Å². The summed E-state index contributed by atoms with van der Waals surface area (Å²) >= 11 is 5.95. The minimum absolute atomic E-state index is 0.655. The normalized spacial score (nSPS) is 14.6. The summed E-state index contributed by atoms with van der Waals surface area (Å²) in [6.45, 7) is 6.77. The number of ether oxygens (including phenoxy) is 1. The molecule has 3 heterocycles. The molecule has 5 rings (SSSR count). The third-order valence-corrected chi connectivity index (χ3v) is 6.82. The van der Waals surface area contributed by atoms with Gasteiger partial charge in [-0.1, -0.05) is 17.7 Å². The van der Waals surface area contributed by atoms with Gasteiger partial charge in [-0.15, -0.1) is 5.10 Å². The van der Waals surface area contributed by atoms with E-state index in [0.717, 1.165) is 55.4 Å². The number of pyridine rings is 1. The highest BCUT2D eigenvalue weighted by Crippen LogP contribution is 2.24. The van der Waals surface area contributed by atoms with Crippen molar-refractivity contribution >= 4 is 17.9 Å². The number of hydrogen-bond donors (Lipinski definition) is 0. The lowest BCUT2D eigenvalue weighted by Gasteiger charge is -2.23. The van der Waals surface area contributed by atoms with Crippen molar-refractivity contribution < 1.29 is 4.74 Å². The number of aromatic nitrogens is 4. The minimum atomic E-state index is 0.655. The highest BCUT2D eigenvalue weighted by molar-refractivity contribution is 7.71. The summed E-state index contributed by atoms with van der Waals surface area (Å²) in [7, 11) is 1.67. The number of aryl methyl sites for hydroxylation is 1. The maximum absolute atomic E-state index is 5.95. The topological polar surface area (TPSA) is 51.4 Å². The molecule has 1 aliphatic rings. The molecule has 8 heteroatoms. The second-order valence-electron chi connectivity index (χ2n) is 8.81. The third kappa shape index (κ3) is 5.13. The molecule has 4 aromatic rings. The van der Waals surface area contributed by atoms with Gasteiger partial charge < -0.3 is 9.64 Å². The first-order chi connectivity index (χ1) is 17.1. The molecule has 35 heavy (non-hydrogen) atoms. The summed E-state index contributed by atoms with van der Waals surface area (Å²) in [6.07, 6.45) is 4.66. The van der Waals surface area contributed by atoms with E-state index < -0.39 is 0 Å². The van der Waals surface area contributed by atoms with Gasteiger partial charge in [-0.3, -0.25) is 14.5 Å². The predicted octanol–water partition coefficient (Wildman–Crippen LogP) is 4.95. The van der Waals surface area contributed by atoms with E-state index in [2.05, 4.69) is 46.0 Å². The molecule has 0 bridgehead atoms. The molecule has 0 radical (unpaired) electrons. The van der Waals surface area contributed by atoms with Crippen LogP contribution in [-0.2, 0) is 6.67 Å². The number of rotatable bonds is 6. The zero-order valence-electron chi connectivity index (χ0n) is 20.2. The fourth-order valence-corrected chi connectivity index (χ4v) is 4.76. The van der Waals surface area contributed by atoms with Gasteiger partial charge in [-0.2, -0.15) is 0 Å². The number of benzene rings is 2. The summed E-state index contributed by atoms with van der Waals surface area (Å²) in [6, 6.07) is 20.6. The van der Waals surface area contributed by atoms with Crippen LogP contribution in [0.1, 0.15) is 12.0 Å². The molecule has 0 unspecified atom stereocenters. The standard InChI is InChI=1S/C27H30N6OS/c1-21-4-6-23(7-5-21)31-17-3-16-30(18-19-31)20-32-27(35)33(24-8-10-25(34-2)11-9-24)26(29-32)22-12-14-28-15-13-22/h4-15H,3,16-20H2,1-2H3. The average Bonchev–Trinajstić information content (AvgIpc) is 3.05. The van der Waals surface area contributed by atoms with E-state index in [1.54, 1.807) is 19.5 Å². The van der Waals surface area contributed by atoms with Crippen molar-refractivity contribution in [3.05, 3.63) is 83.4 Å². The fourth-order valence-electron chi connectivity index (χ4n) is 4.47. The summed E-state index contributed by atoms with van der Waals surface area (Å²) < 4.78 is 9.98. The SMILES string of the molecule is COc1ccc(-n2c(-c3ccncc3)nn(CN3CCCN(c4ccc(C)cc4)CC3)c2=S)cc1. The van der Waals surface area contributed by atoms with Crippen molar-refractivity contribution in [1.82, 2.24) is 24.2 Å². The zero-order chi connectivity index (χ0) is 24.2. The van der Waals surface area contributed by atoms with Crippen molar-refractivity contribution in [2.75, 3.05) is 38.2 Å². The molecule has 7 nitrogen and oxygen atoms in total. The van der Waals surface area contributed by atoms with Crippen LogP contribution in [0.5, 0.6) is 5.75 Å². The van der Waals surface area contributed by atoms with Crippen LogP contribution in [0, 0.1) is 11.7 Å². The van der Waals surface area contributed by atoms with E-state index in [-0.39, 0.29) is 0 Å². The van der Waals surface area contributed by atoms with Crippen molar-refractivity contribution in [2.45, 2.75) is 20.0 Å². The Morgan fingerprint density at radius 1 is 0.857 bits per heavy atom. The van der Waals surface area contributed by atoms with E-state index in [1.807, 2.05) is 45.6 Å². The molecule has 0 spiro atoms. The van der Waals surface area contributed by atoms with Gasteiger partial charge in [0.1, 0.15) is 5.75 Å². The lowest BCUT2D eigenvalue weighted by Crippen LogP contribution is -2.32. The highest BCUT2D eigenvalue weighted by Gasteiger charge is 2.19. The van der Waals surface area contributed by atoms with Gasteiger partial charge in [0.15, 0.2) is 5.82 Å². The lowest BCUT2D eigenvalue weighted by atomic mass is 10.2. The van der Waals surface area contributed by atoms with E-state index in [9.17, 15) is 0 Å². The molecule has 0 atom stereocenters. The summed E-state index contributed by atoms with van der Waals surface area (Å²) in [5.74, 6) is 1.61. The predicted molar refractivity (Wildman–Crippen MR) is 142 cm³/mol. The number of methoxy groups -OCH3 is 1. The molecular weight excluding hydrogens is 456 g/mol. The Labute approximate surface area is 211 Å². The largest absolute Gasteiger partial charge is 0.497 e. The van der Waals surface area contributed by atoms with E-state index in [1.165, 1.54) is 11.3 Å². The van der Waals surface area contributed by atoms with Crippen LogP contribution in [0.25, 0.3) is 17.1 Å². The molecule has 180 valence electrons. The van der Waals surface area contributed by atoms with Gasteiger partial charge >= 0.3 is 0 Å². The second kappa shape index (κ2) is 10.4. The van der Waals surface area contributed by atoms with Gasteiger partial charge in [0.25, 0.3) is 0 Å². The van der Waals surface area contributed by atoms with Crippen molar-refractivity contribution in [3.63, 3.8) is 0 Å². The van der Waals surface area contributed by atoms with Crippen LogP contribution >= 0.6 is 12.2 Å². The average molecular weight is 487 g/mol. The fraction of sp³-hybridized carbons (Fsp3) is 0.296. The van der Waals surface area contributed by atoms with Crippen LogP contribution in [0.4, 0.5) is 5.69 Å². The molecule has 0 aliphatic carbocycles. The highest BCUT2D eigenvalue weighted by atomic mass is 32.1. The van der Waals surface area contributed by atoms with Crippen molar-refractivity contribution in [1.29, 1.82) is 0 Å². The molecule has 0 N–H and O–H groups in total. The van der Waals surface area contributed by atoms with Crippen LogP contribution in [0.3, 0.4) is 0 Å². The molecule has 1 saturated heterocycles. The van der Waals surface area contributed by atoms with Gasteiger partial charge in [-0.05, 0) is 74.1 Å². The summed E-state index contributed by atoms with van der Waals surface area (Å²) in [4.78, 5) is 9.07. The first-order valence-electron chi connectivity index (χ1n) is 11.9. The molecule has 1 fully saturated rings. The monoisotopic (exact) mass is 486 g/mol. The minimum Gasteiger partial charge on any atom is -0.497 e. The quantitative estimate of drug-likeness (QED) is 0.360. The molecular formula is C27H30N6OS. The Kier molecular flexibility index (Phi) is 6.92. The van der Waals surface area contributed by atoms with Crippen LogP contribution < -0.4 is 9.64 Å². The second-order valence-corrected chi connectivity index (χ2v) is 9.18. The van der Waals surface area contributed by atoms with E-state index >= 15 is 0 Å². The maximum Gasteiger partial charge on any atom is 0.204 e. The van der Waals surface area contributed by atoms with Crippen LogP contribution in [0.15, 0.2) is 73.1 Å². The molecule has 0 amide bonds. The zero-order valence-corrected chi connectivity index (χ0v) is 21.0. The molecule has 2 aromatic heterocycles. The number of anilines is 1. The molecule has 2 aromatic carbocycles. The van der Waals surface area contributed by atoms with Gasteiger partial charge in [0.2, 0.25) is 4.77 Å². The first kappa shape index (κ1) is 23.3. The third-order valence-electron chi connectivity index (χ3n) is 6.43. The Morgan fingerprint density at radius 3 is 2.29 bits per heavy atom. The van der Waals surface area contributed by atoms with Gasteiger partial charge in [0, 0.05) is 49.8 Å². The Bertz CT molecular complexity index is 1310. The molecule has 0 saturated carbocycles. The van der Waals surface area contributed by atoms with E-state index in [0.29, 0.717) is 11.4 Å². The molecule has 1 aliphatic heterocycles. The van der Waals surface area contributed by atoms with Gasteiger partial charge in [0.05, 0.1) is 19.5 Å². The smallest absolute Gasteiger partial charge is 0.204 e. The van der Waals surface area contributed by atoms with E-state index in [4.69, 9.17) is 22.1 Å². The Morgan fingerprint density at radius 2 is 1.57 bits per heavy atom. The number of hydrogen-bond acceptors (Lipinski definition) is 6. The number of nitrogens with zero attached hydrogens (tertiary/aromatic N) is 6. The van der Waals surface area contributed by atoms with Gasteiger partial charge in [-0.25, -0.2) is 4.68 Å².